The molecule has 0 saturated heterocycles. The largest absolute Gasteiger partial charge is 0.433 e. The Kier molecular flexibility index (Phi) is 6.00. The van der Waals surface area contributed by atoms with Crippen LogP contribution in [0.25, 0.3) is 0 Å². The Morgan fingerprint density at radius 2 is 2.13 bits per heavy atom. The number of nitrogens with one attached hydrogen (secondary N) is 1. The van der Waals surface area contributed by atoms with Crippen molar-refractivity contribution in [3.63, 3.8) is 0 Å². The van der Waals surface area contributed by atoms with E-state index < -0.39 is 6.09 Å². The average Bonchev–Trinajstić information content (AvgIpc) is 2.14. The van der Waals surface area contributed by atoms with E-state index in [1.165, 1.54) is 13.1 Å². The van der Waals surface area contributed by atoms with Gasteiger partial charge in [0.2, 0.25) is 0 Å². The first kappa shape index (κ1) is 14.0. The summed E-state index contributed by atoms with van der Waals surface area (Å²) in [5.74, 6) is -0.139. The first-order valence-corrected chi connectivity index (χ1v) is 5.64. The van der Waals surface area contributed by atoms with Crippen LogP contribution in [0.5, 0.6) is 0 Å². The normalized spacial score (nSPS) is 11.5. The molecule has 15 heavy (non-hydrogen) atoms. The summed E-state index contributed by atoms with van der Waals surface area (Å²) in [5.41, 5.74) is 0. The predicted octanol–water partition coefficient (Wildman–Crippen LogP) is 1.43. The lowest BCUT2D eigenvalue weighted by Gasteiger charge is -2.13. The molecule has 0 bridgehead atoms. The lowest BCUT2D eigenvalue weighted by Crippen LogP contribution is -2.28. The van der Waals surface area contributed by atoms with Gasteiger partial charge in [-0.05, 0) is 27.0 Å². The van der Waals surface area contributed by atoms with Gasteiger partial charge >= 0.3 is 6.09 Å². The number of Topliss-reactive ketones (excluding diaryl/α,β-unsaturated/α-hetero) is 1. The number of amides is 1. The van der Waals surface area contributed by atoms with Crippen LogP contribution < -0.4 is 5.32 Å². The molecule has 0 unspecified atom stereocenters. The van der Waals surface area contributed by atoms with Crippen molar-refractivity contribution in [1.29, 1.82) is 0 Å². The van der Waals surface area contributed by atoms with Crippen LogP contribution in [0.4, 0.5) is 4.79 Å². The van der Waals surface area contributed by atoms with Gasteiger partial charge in [0.05, 0.1) is 12.8 Å². The average molecular weight is 232 g/mol. The van der Waals surface area contributed by atoms with Gasteiger partial charge in [0.15, 0.2) is 0 Å². The van der Waals surface area contributed by atoms with Crippen molar-refractivity contribution in [1.82, 2.24) is 5.32 Å². The Hall–Kier alpha value is -1.04. The molecular formula is C9H16N2O3S. The van der Waals surface area contributed by atoms with Gasteiger partial charge in [0.1, 0.15) is 5.78 Å². The third kappa shape index (κ3) is 7.99. The third-order valence-corrected chi connectivity index (χ3v) is 2.66. The van der Waals surface area contributed by atoms with Crippen LogP contribution in [0.2, 0.25) is 0 Å². The van der Waals surface area contributed by atoms with Crippen LogP contribution in [-0.2, 0) is 9.63 Å². The van der Waals surface area contributed by atoms with Crippen molar-refractivity contribution in [3.8, 4) is 0 Å². The Balaban J connectivity index is 3.85. The minimum Gasteiger partial charge on any atom is -0.313 e. The van der Waals surface area contributed by atoms with E-state index in [2.05, 4.69) is 15.3 Å². The second-order valence-electron chi connectivity index (χ2n) is 3.48. The SMILES string of the molecule is CSC(C)(C)/C=N\OC(=O)NCC(C)=O. The molecule has 0 aromatic heterocycles. The number of hydrogen-bond donors (Lipinski definition) is 1. The van der Waals surface area contributed by atoms with E-state index in [9.17, 15) is 9.59 Å². The summed E-state index contributed by atoms with van der Waals surface area (Å²) in [4.78, 5) is 25.9. The van der Waals surface area contributed by atoms with Crippen LogP contribution in [0.15, 0.2) is 5.16 Å². The van der Waals surface area contributed by atoms with Crippen molar-refractivity contribution in [2.24, 2.45) is 5.16 Å². The van der Waals surface area contributed by atoms with Gasteiger partial charge in [0.25, 0.3) is 0 Å². The van der Waals surface area contributed by atoms with Crippen molar-refractivity contribution >= 4 is 29.9 Å². The van der Waals surface area contributed by atoms with Gasteiger partial charge in [0, 0.05) is 4.75 Å². The van der Waals surface area contributed by atoms with E-state index in [0.29, 0.717) is 0 Å². The molecule has 5 nitrogen and oxygen atoms in total. The lowest BCUT2D eigenvalue weighted by molar-refractivity contribution is -0.116. The Morgan fingerprint density at radius 3 is 2.60 bits per heavy atom. The highest BCUT2D eigenvalue weighted by Crippen LogP contribution is 2.17. The Morgan fingerprint density at radius 1 is 1.53 bits per heavy atom. The number of rotatable bonds is 5. The molecule has 6 heteroatoms. The number of nitrogens with zero attached hydrogens (tertiary/aromatic N) is 1. The molecule has 0 rings (SSSR count). The maximum atomic E-state index is 10.9. The number of thioether (sulfide) groups is 1. The van der Waals surface area contributed by atoms with Gasteiger partial charge in [-0.1, -0.05) is 5.16 Å². The molecule has 1 N–H and O–H groups in total. The van der Waals surface area contributed by atoms with E-state index in [0.717, 1.165) is 0 Å². The zero-order chi connectivity index (χ0) is 11.9. The van der Waals surface area contributed by atoms with Crippen molar-refractivity contribution in [2.75, 3.05) is 12.8 Å². The minimum atomic E-state index is -0.724. The summed E-state index contributed by atoms with van der Waals surface area (Å²) >= 11 is 1.58. The van der Waals surface area contributed by atoms with Gasteiger partial charge in [-0.2, -0.15) is 11.8 Å². The summed E-state index contributed by atoms with van der Waals surface area (Å²) in [6.07, 6.45) is 2.74. The molecule has 0 aliphatic carbocycles. The van der Waals surface area contributed by atoms with Gasteiger partial charge < -0.3 is 5.32 Å². The van der Waals surface area contributed by atoms with Crippen LogP contribution in [0.1, 0.15) is 20.8 Å². The molecule has 0 atom stereocenters. The van der Waals surface area contributed by atoms with Crippen LogP contribution in [0.3, 0.4) is 0 Å². The number of hydrogen-bond acceptors (Lipinski definition) is 5. The third-order valence-electron chi connectivity index (χ3n) is 1.51. The number of carbonyl (C=O) groups excluding carboxylic acids is 2. The highest BCUT2D eigenvalue weighted by atomic mass is 32.2. The summed E-state index contributed by atoms with van der Waals surface area (Å²) in [6.45, 7) is 5.22. The lowest BCUT2D eigenvalue weighted by atomic mass is 10.2. The molecule has 0 aromatic carbocycles. The monoisotopic (exact) mass is 232 g/mol. The summed E-state index contributed by atoms with van der Waals surface area (Å²) in [5, 5.41) is 5.78. The summed E-state index contributed by atoms with van der Waals surface area (Å²) in [7, 11) is 0. The Bertz CT molecular complexity index is 264. The molecule has 0 aromatic rings. The molecule has 0 fully saturated rings. The number of oxime groups is 1. The molecule has 0 radical (unpaired) electrons. The fraction of sp³-hybridized carbons (Fsp3) is 0.667. The predicted molar refractivity (Wildman–Crippen MR) is 61.3 cm³/mol. The number of ketones is 1. The van der Waals surface area contributed by atoms with Gasteiger partial charge in [-0.25, -0.2) is 4.79 Å². The van der Waals surface area contributed by atoms with Gasteiger partial charge in [-0.3, -0.25) is 9.63 Å². The molecule has 0 heterocycles. The fourth-order valence-electron chi connectivity index (χ4n) is 0.483. The van der Waals surface area contributed by atoms with Gasteiger partial charge in [-0.15, -0.1) is 0 Å². The van der Waals surface area contributed by atoms with Crippen molar-refractivity contribution in [2.45, 2.75) is 25.5 Å². The summed E-state index contributed by atoms with van der Waals surface area (Å²) in [6, 6.07) is 0. The first-order valence-electron chi connectivity index (χ1n) is 4.41. The zero-order valence-corrected chi connectivity index (χ0v) is 10.2. The fourth-order valence-corrected chi connectivity index (χ4v) is 0.631. The molecule has 1 amide bonds. The quantitative estimate of drug-likeness (QED) is 0.442. The highest BCUT2D eigenvalue weighted by molar-refractivity contribution is 8.00. The highest BCUT2D eigenvalue weighted by Gasteiger charge is 2.12. The van der Waals surface area contributed by atoms with Crippen molar-refractivity contribution < 1.29 is 14.4 Å². The molecule has 0 aliphatic heterocycles. The van der Waals surface area contributed by atoms with E-state index in [1.54, 1.807) is 11.8 Å². The van der Waals surface area contributed by atoms with E-state index >= 15 is 0 Å². The molecule has 0 aliphatic rings. The van der Waals surface area contributed by atoms with Crippen molar-refractivity contribution in [3.05, 3.63) is 0 Å². The first-order chi connectivity index (χ1) is 6.87. The summed E-state index contributed by atoms with van der Waals surface area (Å²) < 4.78 is -0.180. The number of carbonyl (C=O) groups is 2. The maximum absolute atomic E-state index is 10.9. The molecular weight excluding hydrogens is 216 g/mol. The molecule has 86 valence electrons. The molecule has 0 saturated carbocycles. The maximum Gasteiger partial charge on any atom is 0.433 e. The van der Waals surface area contributed by atoms with E-state index in [1.807, 2.05) is 20.1 Å². The minimum absolute atomic E-state index is 0.0414. The van der Waals surface area contributed by atoms with Crippen LogP contribution in [-0.4, -0.2) is 35.6 Å². The molecule has 0 spiro atoms. The smallest absolute Gasteiger partial charge is 0.313 e. The van der Waals surface area contributed by atoms with E-state index in [-0.39, 0.29) is 17.1 Å². The Labute approximate surface area is 93.6 Å². The second-order valence-corrected chi connectivity index (χ2v) is 4.94. The second kappa shape index (κ2) is 6.44. The topological polar surface area (TPSA) is 67.8 Å². The van der Waals surface area contributed by atoms with E-state index in [4.69, 9.17) is 0 Å². The standard InChI is InChI=1S/C9H16N2O3S/c1-7(12)5-10-8(13)14-11-6-9(2,3)15-4/h6H,5H2,1-4H3,(H,10,13)/b11-6-. The van der Waals surface area contributed by atoms with Crippen LogP contribution >= 0.6 is 11.8 Å². The van der Waals surface area contributed by atoms with Crippen LogP contribution in [0, 0.1) is 0 Å². The zero-order valence-electron chi connectivity index (χ0n) is 9.36.